The number of hydrogen-bond acceptors (Lipinski definition) is 5. The van der Waals surface area contributed by atoms with E-state index in [9.17, 15) is 0 Å². The molecule has 0 unspecified atom stereocenters. The zero-order valence-corrected chi connectivity index (χ0v) is 6.64. The van der Waals surface area contributed by atoms with Crippen LogP contribution in [0.4, 0.5) is 0 Å². The highest BCUT2D eigenvalue weighted by atomic mass is 16.4. The lowest BCUT2D eigenvalue weighted by atomic mass is 10.4. The van der Waals surface area contributed by atoms with Gasteiger partial charge in [0.05, 0.1) is 25.7 Å². The monoisotopic (exact) mass is 175 g/mol. The van der Waals surface area contributed by atoms with E-state index in [-0.39, 0.29) is 31.9 Å². The SMILES string of the molecule is N#CCCO.N/C(CCO)=N\O. The molecule has 6 nitrogen and oxygen atoms in total. The summed E-state index contributed by atoms with van der Waals surface area (Å²) in [6.07, 6.45) is 0.483. The molecule has 0 saturated heterocycles. The third-order valence-electron chi connectivity index (χ3n) is 0.720. The van der Waals surface area contributed by atoms with Crippen LogP contribution in [0.15, 0.2) is 5.16 Å². The molecular weight excluding hydrogens is 162 g/mol. The Balaban J connectivity index is 0. The maximum atomic E-state index is 8.10. The van der Waals surface area contributed by atoms with Crippen LogP contribution in [0.25, 0.3) is 0 Å². The summed E-state index contributed by atoms with van der Waals surface area (Å²) in [6.45, 7) is -0.0909. The maximum absolute atomic E-state index is 8.10. The number of nitriles is 1. The van der Waals surface area contributed by atoms with E-state index in [1.807, 2.05) is 0 Å². The molecule has 0 saturated carbocycles. The second-order valence-electron chi connectivity index (χ2n) is 1.70. The summed E-state index contributed by atoms with van der Waals surface area (Å²) in [7, 11) is 0. The molecule has 6 heteroatoms. The molecule has 0 aromatic carbocycles. The summed E-state index contributed by atoms with van der Waals surface area (Å²) in [5.74, 6) is 0.0579. The zero-order chi connectivity index (χ0) is 9.82. The summed E-state index contributed by atoms with van der Waals surface area (Å²) >= 11 is 0. The third kappa shape index (κ3) is 15.9. The van der Waals surface area contributed by atoms with Crippen molar-refractivity contribution in [1.29, 1.82) is 5.26 Å². The van der Waals surface area contributed by atoms with E-state index in [1.54, 1.807) is 6.07 Å². The first-order valence-electron chi connectivity index (χ1n) is 3.28. The van der Waals surface area contributed by atoms with E-state index in [0.29, 0.717) is 0 Å². The minimum atomic E-state index is -0.0735. The van der Waals surface area contributed by atoms with E-state index in [4.69, 9.17) is 26.4 Å². The molecular formula is C6H13N3O3. The van der Waals surface area contributed by atoms with Crippen LogP contribution in [0, 0.1) is 11.3 Å². The van der Waals surface area contributed by atoms with Crippen molar-refractivity contribution < 1.29 is 15.4 Å². The van der Waals surface area contributed by atoms with Crippen LogP contribution in [0.2, 0.25) is 0 Å². The highest BCUT2D eigenvalue weighted by molar-refractivity contribution is 5.79. The number of aliphatic hydroxyl groups excluding tert-OH is 2. The molecule has 0 aliphatic carbocycles. The molecule has 0 aliphatic heterocycles. The van der Waals surface area contributed by atoms with Crippen LogP contribution in [0.1, 0.15) is 12.8 Å². The summed E-state index contributed by atoms with van der Waals surface area (Å²) in [6, 6.07) is 1.77. The largest absolute Gasteiger partial charge is 0.409 e. The van der Waals surface area contributed by atoms with Gasteiger partial charge in [-0.05, 0) is 0 Å². The van der Waals surface area contributed by atoms with Gasteiger partial charge in [0, 0.05) is 6.42 Å². The van der Waals surface area contributed by atoms with Crippen LogP contribution < -0.4 is 5.73 Å². The fourth-order valence-corrected chi connectivity index (χ4v) is 0.215. The molecule has 0 radical (unpaired) electrons. The quantitative estimate of drug-likeness (QED) is 0.190. The van der Waals surface area contributed by atoms with Crippen molar-refractivity contribution >= 4 is 5.84 Å². The number of amidine groups is 1. The predicted molar refractivity (Wildman–Crippen MR) is 42.4 cm³/mol. The summed E-state index contributed by atoms with van der Waals surface area (Å²) in [4.78, 5) is 0. The van der Waals surface area contributed by atoms with Crippen molar-refractivity contribution in [2.75, 3.05) is 13.2 Å². The highest BCUT2D eigenvalue weighted by Gasteiger charge is 1.85. The van der Waals surface area contributed by atoms with E-state index in [0.717, 1.165) is 0 Å². The second kappa shape index (κ2) is 12.4. The molecule has 0 spiro atoms. The third-order valence-corrected chi connectivity index (χ3v) is 0.720. The Hall–Kier alpha value is -1.32. The first-order chi connectivity index (χ1) is 5.72. The number of nitrogens with zero attached hydrogens (tertiary/aromatic N) is 2. The van der Waals surface area contributed by atoms with Crippen molar-refractivity contribution in [3.8, 4) is 6.07 Å². The Morgan fingerprint density at radius 3 is 2.08 bits per heavy atom. The van der Waals surface area contributed by atoms with E-state index < -0.39 is 0 Å². The minimum Gasteiger partial charge on any atom is -0.409 e. The van der Waals surface area contributed by atoms with Crippen molar-refractivity contribution in [3.05, 3.63) is 0 Å². The van der Waals surface area contributed by atoms with Gasteiger partial charge in [-0.2, -0.15) is 5.26 Å². The van der Waals surface area contributed by atoms with Gasteiger partial charge in [-0.25, -0.2) is 0 Å². The number of nitrogens with two attached hydrogens (primary N) is 1. The number of rotatable bonds is 3. The van der Waals surface area contributed by atoms with Gasteiger partial charge in [-0.3, -0.25) is 0 Å². The van der Waals surface area contributed by atoms with Gasteiger partial charge in [0.25, 0.3) is 0 Å². The zero-order valence-electron chi connectivity index (χ0n) is 6.64. The van der Waals surface area contributed by atoms with Gasteiger partial charge in [-0.1, -0.05) is 5.16 Å². The standard InChI is InChI=1S/C3H8N2O2.C3H5NO/c4-3(5-7)1-2-6;4-2-1-3-5/h6-7H,1-2H2,(H2,4,5);5H,1,3H2. The number of hydrogen-bond donors (Lipinski definition) is 4. The number of oxime groups is 1. The molecule has 12 heavy (non-hydrogen) atoms. The molecule has 0 aromatic heterocycles. The first kappa shape index (κ1) is 13.3. The summed E-state index contributed by atoms with van der Waals surface area (Å²) in [5, 5.41) is 34.0. The van der Waals surface area contributed by atoms with Crippen LogP contribution in [-0.4, -0.2) is 34.5 Å². The average molecular weight is 175 g/mol. The lowest BCUT2D eigenvalue weighted by Crippen LogP contribution is -2.12. The van der Waals surface area contributed by atoms with E-state index in [1.165, 1.54) is 0 Å². The molecule has 0 atom stereocenters. The van der Waals surface area contributed by atoms with Crippen LogP contribution in [0.5, 0.6) is 0 Å². The molecule has 0 rings (SSSR count). The summed E-state index contributed by atoms with van der Waals surface area (Å²) in [5.41, 5.74) is 4.92. The lowest BCUT2D eigenvalue weighted by molar-refractivity contribution is 0.294. The van der Waals surface area contributed by atoms with Crippen molar-refractivity contribution in [1.82, 2.24) is 0 Å². The molecule has 0 heterocycles. The summed E-state index contributed by atoms with van der Waals surface area (Å²) < 4.78 is 0. The Kier molecular flexibility index (Phi) is 13.7. The Morgan fingerprint density at radius 1 is 1.42 bits per heavy atom. The molecule has 0 aliphatic rings. The fourth-order valence-electron chi connectivity index (χ4n) is 0.215. The smallest absolute Gasteiger partial charge is 0.141 e. The van der Waals surface area contributed by atoms with Gasteiger partial charge < -0.3 is 21.2 Å². The lowest BCUT2D eigenvalue weighted by Gasteiger charge is -1.88. The van der Waals surface area contributed by atoms with Crippen molar-refractivity contribution in [2.45, 2.75) is 12.8 Å². The second-order valence-corrected chi connectivity index (χ2v) is 1.70. The van der Waals surface area contributed by atoms with Gasteiger partial charge >= 0.3 is 0 Å². The average Bonchev–Trinajstić information content (AvgIpc) is 2.07. The Bertz CT molecular complexity index is 153. The fraction of sp³-hybridized carbons (Fsp3) is 0.667. The predicted octanol–water partition coefficient (Wildman–Crippen LogP) is -0.992. The van der Waals surface area contributed by atoms with Crippen molar-refractivity contribution in [3.63, 3.8) is 0 Å². The molecule has 0 aromatic rings. The van der Waals surface area contributed by atoms with Gasteiger partial charge in [0.2, 0.25) is 0 Å². The van der Waals surface area contributed by atoms with E-state index >= 15 is 0 Å². The van der Waals surface area contributed by atoms with Crippen LogP contribution in [0.3, 0.4) is 0 Å². The Morgan fingerprint density at radius 2 is 2.00 bits per heavy atom. The normalized spacial score (nSPS) is 9.58. The molecule has 0 bridgehead atoms. The number of aliphatic hydroxyl groups is 2. The maximum Gasteiger partial charge on any atom is 0.141 e. The van der Waals surface area contributed by atoms with Crippen LogP contribution in [-0.2, 0) is 0 Å². The van der Waals surface area contributed by atoms with Crippen LogP contribution >= 0.6 is 0 Å². The molecule has 70 valence electrons. The molecule has 0 amide bonds. The van der Waals surface area contributed by atoms with Gasteiger partial charge in [0.1, 0.15) is 5.84 Å². The van der Waals surface area contributed by atoms with Gasteiger partial charge in [-0.15, -0.1) is 0 Å². The topological polar surface area (TPSA) is 123 Å². The Labute approximate surface area is 70.5 Å². The first-order valence-corrected chi connectivity index (χ1v) is 3.28. The molecule has 5 N–H and O–H groups in total. The van der Waals surface area contributed by atoms with Crippen molar-refractivity contribution in [2.24, 2.45) is 10.9 Å². The van der Waals surface area contributed by atoms with Gasteiger partial charge in [0.15, 0.2) is 0 Å². The van der Waals surface area contributed by atoms with E-state index in [2.05, 4.69) is 5.16 Å². The minimum absolute atomic E-state index is 0.0174. The molecule has 0 fully saturated rings. The highest BCUT2D eigenvalue weighted by Crippen LogP contribution is 1.72.